The van der Waals surface area contributed by atoms with Gasteiger partial charge in [-0.15, -0.1) is 0 Å². The molecule has 132 valence electrons. The third-order valence-corrected chi connectivity index (χ3v) is 4.53. The smallest absolute Gasteiger partial charge is 0.266 e. The average molecular weight is 352 g/mol. The maximum Gasteiger partial charge on any atom is 0.266 e. The Labute approximate surface area is 158 Å². The molecule has 0 spiro atoms. The predicted molar refractivity (Wildman–Crippen MR) is 112 cm³/mol. The lowest BCUT2D eigenvalue weighted by atomic mass is 10.1. The molecule has 0 aliphatic carbocycles. The van der Waals surface area contributed by atoms with Gasteiger partial charge in [0.05, 0.1) is 16.6 Å². The van der Waals surface area contributed by atoms with Crippen LogP contribution >= 0.6 is 0 Å². The van der Waals surface area contributed by atoms with E-state index in [4.69, 9.17) is 4.98 Å². The van der Waals surface area contributed by atoms with Crippen LogP contribution in [-0.4, -0.2) is 9.55 Å². The van der Waals surface area contributed by atoms with Crippen LogP contribution in [0.3, 0.4) is 0 Å². The maximum atomic E-state index is 13.2. The van der Waals surface area contributed by atoms with Gasteiger partial charge in [0.15, 0.2) is 0 Å². The van der Waals surface area contributed by atoms with Gasteiger partial charge in [-0.25, -0.2) is 4.98 Å². The molecule has 0 saturated carbocycles. The summed E-state index contributed by atoms with van der Waals surface area (Å²) in [7, 11) is 0. The number of aryl methyl sites for hydroxylation is 2. The zero-order valence-corrected chi connectivity index (χ0v) is 15.4. The first-order valence-corrected chi connectivity index (χ1v) is 8.95. The van der Waals surface area contributed by atoms with Crippen molar-refractivity contribution in [1.29, 1.82) is 0 Å². The molecule has 4 aromatic rings. The van der Waals surface area contributed by atoms with Gasteiger partial charge >= 0.3 is 0 Å². The Morgan fingerprint density at radius 3 is 2.33 bits per heavy atom. The fourth-order valence-electron chi connectivity index (χ4n) is 3.22. The minimum atomic E-state index is -0.0601. The van der Waals surface area contributed by atoms with Crippen molar-refractivity contribution < 1.29 is 0 Å². The normalized spacial score (nSPS) is 11.3. The van der Waals surface area contributed by atoms with Crippen LogP contribution in [0.1, 0.15) is 22.5 Å². The zero-order chi connectivity index (χ0) is 18.8. The SMILES string of the molecule is Cc1cccc(/C=C\c2nc3ccccc3c(=O)n2-c2cccc(C)c2)c1. The summed E-state index contributed by atoms with van der Waals surface area (Å²) in [4.78, 5) is 18.0. The van der Waals surface area contributed by atoms with E-state index in [-0.39, 0.29) is 5.56 Å². The zero-order valence-electron chi connectivity index (χ0n) is 15.4. The van der Waals surface area contributed by atoms with Gasteiger partial charge in [-0.3, -0.25) is 9.36 Å². The average Bonchev–Trinajstić information content (AvgIpc) is 2.66. The fourth-order valence-corrected chi connectivity index (χ4v) is 3.22. The van der Waals surface area contributed by atoms with E-state index in [1.54, 1.807) is 4.57 Å². The summed E-state index contributed by atoms with van der Waals surface area (Å²) in [6.07, 6.45) is 3.90. The molecule has 4 rings (SSSR count). The quantitative estimate of drug-likeness (QED) is 0.510. The second-order valence-corrected chi connectivity index (χ2v) is 6.71. The molecule has 3 aromatic carbocycles. The Balaban J connectivity index is 1.95. The standard InChI is InChI=1S/C24H20N2O/c1-17-7-5-9-19(15-17)13-14-23-25-22-12-4-3-11-21(22)24(27)26(23)20-10-6-8-18(2)16-20/h3-16H,1-2H3/b14-13-. The van der Waals surface area contributed by atoms with E-state index >= 15 is 0 Å². The minimum absolute atomic E-state index is 0.0601. The predicted octanol–water partition coefficient (Wildman–Crippen LogP) is 5.17. The lowest BCUT2D eigenvalue weighted by Gasteiger charge is -2.12. The molecule has 1 aromatic heterocycles. The highest BCUT2D eigenvalue weighted by atomic mass is 16.1. The molecule has 0 bridgehead atoms. The number of nitrogens with zero attached hydrogens (tertiary/aromatic N) is 2. The van der Waals surface area contributed by atoms with E-state index in [1.807, 2.05) is 79.7 Å². The molecule has 0 N–H and O–H groups in total. The first kappa shape index (κ1) is 17.0. The van der Waals surface area contributed by atoms with Crippen LogP contribution < -0.4 is 5.56 Å². The molecular formula is C24H20N2O. The molecule has 0 fully saturated rings. The van der Waals surface area contributed by atoms with E-state index in [9.17, 15) is 4.79 Å². The van der Waals surface area contributed by atoms with Crippen molar-refractivity contribution in [2.45, 2.75) is 13.8 Å². The first-order valence-electron chi connectivity index (χ1n) is 8.95. The van der Waals surface area contributed by atoms with Crippen molar-refractivity contribution in [3.63, 3.8) is 0 Å². The van der Waals surface area contributed by atoms with Gasteiger partial charge in [0.25, 0.3) is 5.56 Å². The molecule has 0 saturated heterocycles. The van der Waals surface area contributed by atoms with Crippen LogP contribution in [0.25, 0.3) is 28.7 Å². The largest absolute Gasteiger partial charge is 0.268 e. The molecular weight excluding hydrogens is 332 g/mol. The maximum absolute atomic E-state index is 13.2. The van der Waals surface area contributed by atoms with Crippen LogP contribution in [0.5, 0.6) is 0 Å². The summed E-state index contributed by atoms with van der Waals surface area (Å²) in [6, 6.07) is 23.6. The van der Waals surface area contributed by atoms with Gasteiger partial charge in [-0.05, 0) is 55.3 Å². The Morgan fingerprint density at radius 2 is 1.56 bits per heavy atom. The number of para-hydroxylation sites is 1. The Hall–Kier alpha value is -3.46. The topological polar surface area (TPSA) is 34.9 Å². The van der Waals surface area contributed by atoms with Crippen molar-refractivity contribution in [1.82, 2.24) is 9.55 Å². The Kier molecular flexibility index (Phi) is 4.43. The number of hydrogen-bond donors (Lipinski definition) is 0. The lowest BCUT2D eigenvalue weighted by Crippen LogP contribution is -2.22. The molecule has 0 radical (unpaired) electrons. The highest BCUT2D eigenvalue weighted by Gasteiger charge is 2.11. The van der Waals surface area contributed by atoms with E-state index < -0.39 is 0 Å². The summed E-state index contributed by atoms with van der Waals surface area (Å²) in [5.74, 6) is 0.616. The molecule has 1 heterocycles. The van der Waals surface area contributed by atoms with Gasteiger partial charge in [0, 0.05) is 0 Å². The molecule has 0 aliphatic rings. The van der Waals surface area contributed by atoms with E-state index in [0.717, 1.165) is 16.8 Å². The van der Waals surface area contributed by atoms with Gasteiger partial charge in [0.1, 0.15) is 5.82 Å². The first-order chi connectivity index (χ1) is 13.1. The monoisotopic (exact) mass is 352 g/mol. The van der Waals surface area contributed by atoms with Crippen molar-refractivity contribution >= 4 is 23.1 Å². The molecule has 0 atom stereocenters. The number of aromatic nitrogens is 2. The highest BCUT2D eigenvalue weighted by molar-refractivity contribution is 5.80. The molecule has 0 unspecified atom stereocenters. The second-order valence-electron chi connectivity index (χ2n) is 6.71. The molecule has 3 nitrogen and oxygen atoms in total. The van der Waals surface area contributed by atoms with Gasteiger partial charge in [-0.1, -0.05) is 60.2 Å². The second kappa shape index (κ2) is 7.04. The summed E-state index contributed by atoms with van der Waals surface area (Å²) >= 11 is 0. The van der Waals surface area contributed by atoms with E-state index in [1.165, 1.54) is 5.56 Å². The fraction of sp³-hybridized carbons (Fsp3) is 0.0833. The minimum Gasteiger partial charge on any atom is -0.268 e. The molecule has 0 aliphatic heterocycles. The number of rotatable bonds is 3. The van der Waals surface area contributed by atoms with Crippen LogP contribution in [0.2, 0.25) is 0 Å². The highest BCUT2D eigenvalue weighted by Crippen LogP contribution is 2.16. The van der Waals surface area contributed by atoms with Crippen molar-refractivity contribution in [2.75, 3.05) is 0 Å². The summed E-state index contributed by atoms with van der Waals surface area (Å²) < 4.78 is 1.68. The van der Waals surface area contributed by atoms with Crippen LogP contribution in [0, 0.1) is 13.8 Å². The van der Waals surface area contributed by atoms with Crippen LogP contribution in [-0.2, 0) is 0 Å². The van der Waals surface area contributed by atoms with Crippen molar-refractivity contribution in [3.05, 3.63) is 106 Å². The molecule has 27 heavy (non-hydrogen) atoms. The lowest BCUT2D eigenvalue weighted by molar-refractivity contribution is 0.942. The number of hydrogen-bond acceptors (Lipinski definition) is 2. The van der Waals surface area contributed by atoms with Crippen molar-refractivity contribution in [2.24, 2.45) is 0 Å². The molecule has 3 heteroatoms. The van der Waals surface area contributed by atoms with Crippen LogP contribution in [0.4, 0.5) is 0 Å². The molecule has 0 amide bonds. The van der Waals surface area contributed by atoms with E-state index in [2.05, 4.69) is 19.1 Å². The summed E-state index contributed by atoms with van der Waals surface area (Å²) in [6.45, 7) is 4.08. The summed E-state index contributed by atoms with van der Waals surface area (Å²) in [5.41, 5.74) is 4.83. The Morgan fingerprint density at radius 1 is 0.815 bits per heavy atom. The number of benzene rings is 3. The van der Waals surface area contributed by atoms with Gasteiger partial charge in [-0.2, -0.15) is 0 Å². The van der Waals surface area contributed by atoms with Crippen molar-refractivity contribution in [3.8, 4) is 5.69 Å². The van der Waals surface area contributed by atoms with E-state index in [0.29, 0.717) is 16.7 Å². The Bertz CT molecular complexity index is 1220. The van der Waals surface area contributed by atoms with Gasteiger partial charge < -0.3 is 0 Å². The third kappa shape index (κ3) is 3.44. The van der Waals surface area contributed by atoms with Gasteiger partial charge in [0.2, 0.25) is 0 Å². The third-order valence-electron chi connectivity index (χ3n) is 4.53. The number of fused-ring (bicyclic) bond motifs is 1. The summed E-state index contributed by atoms with van der Waals surface area (Å²) in [5, 5.41) is 0.617. The van der Waals surface area contributed by atoms with Crippen LogP contribution in [0.15, 0.2) is 77.6 Å².